The van der Waals surface area contributed by atoms with Gasteiger partial charge in [0.05, 0.1) is 11.5 Å². The minimum absolute atomic E-state index is 0.0324. The summed E-state index contributed by atoms with van der Waals surface area (Å²) in [5, 5.41) is 34.1. The van der Waals surface area contributed by atoms with Crippen LogP contribution in [-0.4, -0.2) is 50.8 Å². The number of aliphatic hydroxyl groups is 2. The van der Waals surface area contributed by atoms with E-state index in [1.165, 1.54) is 12.8 Å². The monoisotopic (exact) mass is 488 g/mol. The first kappa shape index (κ1) is 22.8. The quantitative estimate of drug-likeness (QED) is 0.484. The van der Waals surface area contributed by atoms with Crippen molar-refractivity contribution in [1.82, 2.24) is 4.90 Å². The van der Waals surface area contributed by atoms with E-state index < -0.39 is 34.9 Å². The number of rotatable bonds is 4. The van der Waals surface area contributed by atoms with Gasteiger partial charge in [-0.05, 0) is 67.1 Å². The predicted molar refractivity (Wildman–Crippen MR) is 131 cm³/mol. The Bertz CT molecular complexity index is 1430. The van der Waals surface area contributed by atoms with Crippen molar-refractivity contribution in [2.45, 2.75) is 44.7 Å². The van der Waals surface area contributed by atoms with Crippen molar-refractivity contribution < 1.29 is 29.7 Å². The lowest BCUT2D eigenvalue weighted by Crippen LogP contribution is -2.43. The van der Waals surface area contributed by atoms with Gasteiger partial charge in [0.1, 0.15) is 22.8 Å². The molecular weight excluding hydrogens is 460 g/mol. The molecule has 2 aromatic carbocycles. The standard InChI is InChI=1S/C28H28N2O6/c1-30(17-4-5-17)11-12-2-3-13-7-14-8-15-9-16-10-19(31)23(28(29)36)27(35)22(16)26(34)21(15)25(33)20(14)24(32)18(13)6-12/h2-3,6-7,15-17,22,31-32,34H,4-5,8-11H2,1H3,(H2,29,36)/t15-,16?,22?/m0/s1. The highest BCUT2D eigenvalue weighted by atomic mass is 16.3. The second-order valence-corrected chi connectivity index (χ2v) is 10.7. The number of nitrogens with two attached hydrogens (primary N) is 1. The summed E-state index contributed by atoms with van der Waals surface area (Å²) in [6.45, 7) is 0.743. The highest BCUT2D eigenvalue weighted by molar-refractivity contribution is 6.22. The van der Waals surface area contributed by atoms with E-state index in [0.29, 0.717) is 29.8 Å². The smallest absolute Gasteiger partial charge is 0.255 e. The van der Waals surface area contributed by atoms with Gasteiger partial charge >= 0.3 is 0 Å². The van der Waals surface area contributed by atoms with Crippen LogP contribution in [0.25, 0.3) is 10.8 Å². The minimum atomic E-state index is -1.10. The number of aliphatic hydroxyl groups excluding tert-OH is 2. The lowest BCUT2D eigenvalue weighted by Gasteiger charge is -2.40. The zero-order valence-corrected chi connectivity index (χ0v) is 20.0. The number of hydrogen-bond acceptors (Lipinski definition) is 7. The van der Waals surface area contributed by atoms with Crippen LogP contribution in [0.2, 0.25) is 0 Å². The molecule has 1 amide bonds. The summed E-state index contributed by atoms with van der Waals surface area (Å²) in [5.74, 6) is -5.06. The molecule has 0 bridgehead atoms. The number of amides is 1. The van der Waals surface area contributed by atoms with Gasteiger partial charge in [-0.3, -0.25) is 19.3 Å². The first-order valence-electron chi connectivity index (χ1n) is 12.4. The van der Waals surface area contributed by atoms with Gasteiger partial charge in [-0.25, -0.2) is 0 Å². The molecule has 0 aromatic heterocycles. The Morgan fingerprint density at radius 3 is 2.56 bits per heavy atom. The van der Waals surface area contributed by atoms with Gasteiger partial charge < -0.3 is 21.1 Å². The first-order chi connectivity index (χ1) is 17.2. The third-order valence-corrected chi connectivity index (χ3v) is 8.36. The molecule has 0 radical (unpaired) electrons. The van der Waals surface area contributed by atoms with Gasteiger partial charge in [-0.2, -0.15) is 0 Å². The van der Waals surface area contributed by atoms with E-state index in [1.807, 2.05) is 24.3 Å². The molecule has 4 aliphatic rings. The van der Waals surface area contributed by atoms with Crippen LogP contribution in [0.5, 0.6) is 5.75 Å². The van der Waals surface area contributed by atoms with Crippen LogP contribution in [0.15, 0.2) is 46.9 Å². The van der Waals surface area contributed by atoms with Gasteiger partial charge in [-0.1, -0.05) is 18.2 Å². The molecule has 3 atom stereocenters. The van der Waals surface area contributed by atoms with Crippen molar-refractivity contribution in [2.75, 3.05) is 7.05 Å². The fraction of sp³-hybridized carbons (Fsp3) is 0.393. The Kier molecular flexibility index (Phi) is 5.02. The molecule has 8 heteroatoms. The van der Waals surface area contributed by atoms with Gasteiger partial charge in [0.2, 0.25) is 0 Å². The maximum absolute atomic E-state index is 13.7. The number of allylic oxidation sites excluding steroid dienone is 3. The van der Waals surface area contributed by atoms with Crippen molar-refractivity contribution in [2.24, 2.45) is 23.5 Å². The third-order valence-electron chi connectivity index (χ3n) is 8.36. The van der Waals surface area contributed by atoms with Gasteiger partial charge in [-0.15, -0.1) is 0 Å². The summed E-state index contributed by atoms with van der Waals surface area (Å²) < 4.78 is 0. The number of fused-ring (bicyclic) bond motifs is 4. The number of benzene rings is 2. The van der Waals surface area contributed by atoms with Crippen LogP contribution in [0.4, 0.5) is 0 Å². The number of primary amides is 1. The molecule has 1 fully saturated rings. The van der Waals surface area contributed by atoms with Crippen LogP contribution in [0.1, 0.15) is 47.2 Å². The Morgan fingerprint density at radius 1 is 1.11 bits per heavy atom. The second-order valence-electron chi connectivity index (χ2n) is 10.7. The average molecular weight is 489 g/mol. The van der Waals surface area contributed by atoms with Crippen LogP contribution in [-0.2, 0) is 22.6 Å². The molecule has 0 saturated heterocycles. The molecular formula is C28H28N2O6. The summed E-state index contributed by atoms with van der Waals surface area (Å²) in [6, 6.07) is 8.43. The number of nitrogens with zero attached hydrogens (tertiary/aromatic N) is 1. The second kappa shape index (κ2) is 7.93. The molecule has 4 aliphatic carbocycles. The topological polar surface area (TPSA) is 141 Å². The van der Waals surface area contributed by atoms with Crippen LogP contribution < -0.4 is 5.73 Å². The average Bonchev–Trinajstić information content (AvgIpc) is 3.64. The summed E-state index contributed by atoms with van der Waals surface area (Å²) >= 11 is 0. The van der Waals surface area contributed by atoms with E-state index in [2.05, 4.69) is 11.9 Å². The fourth-order valence-electron chi connectivity index (χ4n) is 6.48. The molecule has 0 spiro atoms. The minimum Gasteiger partial charge on any atom is -0.511 e. The molecule has 8 nitrogen and oxygen atoms in total. The molecule has 0 aliphatic heterocycles. The normalized spacial score (nSPS) is 25.8. The largest absolute Gasteiger partial charge is 0.511 e. The maximum Gasteiger partial charge on any atom is 0.255 e. The maximum atomic E-state index is 13.7. The SMILES string of the molecule is CN(Cc1ccc2cc3c(c(O)c2c1)C(=O)C1=C(O)C2C(=O)C(C(N)=O)=C(O)CC2C[C@@H]1C3)C1CC1. The molecule has 2 aromatic rings. The van der Waals surface area contributed by atoms with E-state index >= 15 is 0 Å². The van der Waals surface area contributed by atoms with Crippen LogP contribution >= 0.6 is 0 Å². The van der Waals surface area contributed by atoms with E-state index in [1.54, 1.807) is 0 Å². The highest BCUT2D eigenvalue weighted by Crippen LogP contribution is 2.50. The molecule has 1 saturated carbocycles. The Balaban J connectivity index is 1.42. The lowest BCUT2D eigenvalue weighted by molar-refractivity contribution is -0.126. The molecule has 0 heterocycles. The van der Waals surface area contributed by atoms with Crippen molar-refractivity contribution in [1.29, 1.82) is 0 Å². The Hall–Kier alpha value is -3.65. The van der Waals surface area contributed by atoms with Gasteiger partial charge in [0.25, 0.3) is 5.91 Å². The fourth-order valence-corrected chi connectivity index (χ4v) is 6.48. The zero-order valence-electron chi connectivity index (χ0n) is 20.0. The number of carbonyl (C=O) groups excluding carboxylic acids is 3. The van der Waals surface area contributed by atoms with Crippen LogP contribution in [0.3, 0.4) is 0 Å². The molecule has 2 unspecified atom stereocenters. The van der Waals surface area contributed by atoms with Crippen LogP contribution in [0, 0.1) is 17.8 Å². The molecule has 186 valence electrons. The lowest BCUT2D eigenvalue weighted by atomic mass is 9.62. The number of phenols is 1. The van der Waals surface area contributed by atoms with E-state index in [4.69, 9.17) is 5.73 Å². The Morgan fingerprint density at radius 2 is 1.86 bits per heavy atom. The summed E-state index contributed by atoms with van der Waals surface area (Å²) in [6.07, 6.45) is 3.23. The van der Waals surface area contributed by atoms with Gasteiger partial charge in [0.15, 0.2) is 11.6 Å². The van der Waals surface area contributed by atoms with Gasteiger partial charge in [0, 0.05) is 30.0 Å². The summed E-state index contributed by atoms with van der Waals surface area (Å²) in [5.41, 5.74) is 6.79. The third kappa shape index (κ3) is 3.35. The number of hydrogen-bond donors (Lipinski definition) is 4. The number of aromatic hydroxyl groups is 1. The van der Waals surface area contributed by atoms with Crippen molar-refractivity contribution in [3.63, 3.8) is 0 Å². The number of phenolic OH excluding ortho intramolecular Hbond substituents is 1. The van der Waals surface area contributed by atoms with Crippen molar-refractivity contribution in [3.8, 4) is 5.75 Å². The van der Waals surface area contributed by atoms with E-state index in [0.717, 1.165) is 17.5 Å². The molecule has 5 N–H and O–H groups in total. The summed E-state index contributed by atoms with van der Waals surface area (Å²) in [7, 11) is 2.08. The molecule has 36 heavy (non-hydrogen) atoms. The first-order valence-corrected chi connectivity index (χ1v) is 12.4. The van der Waals surface area contributed by atoms with Crippen molar-refractivity contribution >= 4 is 28.2 Å². The number of Topliss-reactive ketones (excluding diaryl/α,β-unsaturated/α-hetero) is 2. The van der Waals surface area contributed by atoms with E-state index in [-0.39, 0.29) is 40.7 Å². The predicted octanol–water partition coefficient (Wildman–Crippen LogP) is 3.21. The highest BCUT2D eigenvalue weighted by Gasteiger charge is 2.50. The Labute approximate surface area is 207 Å². The molecule has 6 rings (SSSR count). The number of carbonyl (C=O) groups is 3. The summed E-state index contributed by atoms with van der Waals surface area (Å²) in [4.78, 5) is 40.7. The zero-order chi connectivity index (χ0) is 25.5. The van der Waals surface area contributed by atoms with Crippen molar-refractivity contribution in [3.05, 3.63) is 63.6 Å². The number of ketones is 2. The van der Waals surface area contributed by atoms with E-state index in [9.17, 15) is 29.7 Å².